The Morgan fingerprint density at radius 1 is 1.31 bits per heavy atom. The average Bonchev–Trinajstić information content (AvgIpc) is 2.83. The van der Waals surface area contributed by atoms with Gasteiger partial charge in [0, 0.05) is 19.6 Å². The summed E-state index contributed by atoms with van der Waals surface area (Å²) < 4.78 is 0. The second-order valence-electron chi connectivity index (χ2n) is 4.70. The van der Waals surface area contributed by atoms with E-state index in [0.717, 1.165) is 13.0 Å². The molecule has 5 heteroatoms. The van der Waals surface area contributed by atoms with Crippen LogP contribution in [-0.4, -0.2) is 41.6 Å². The van der Waals surface area contributed by atoms with Crippen molar-refractivity contribution in [1.29, 1.82) is 0 Å². The van der Waals surface area contributed by atoms with E-state index in [1.165, 1.54) is 25.7 Å². The van der Waals surface area contributed by atoms with Gasteiger partial charge in [0.1, 0.15) is 6.04 Å². The van der Waals surface area contributed by atoms with Crippen molar-refractivity contribution in [3.8, 4) is 0 Å². The molecule has 0 bridgehead atoms. The normalized spacial score (nSPS) is 26.2. The van der Waals surface area contributed by atoms with Crippen molar-refractivity contribution in [1.82, 2.24) is 15.5 Å². The second-order valence-corrected chi connectivity index (χ2v) is 5.11. The third kappa shape index (κ3) is 2.64. The van der Waals surface area contributed by atoms with Gasteiger partial charge in [-0.25, -0.2) is 0 Å². The fourth-order valence-electron chi connectivity index (χ4n) is 2.41. The van der Waals surface area contributed by atoms with E-state index in [0.29, 0.717) is 11.2 Å². The van der Waals surface area contributed by atoms with Crippen molar-refractivity contribution < 1.29 is 4.79 Å². The summed E-state index contributed by atoms with van der Waals surface area (Å²) in [6.45, 7) is 0.822. The van der Waals surface area contributed by atoms with Gasteiger partial charge >= 0.3 is 0 Å². The lowest BCUT2D eigenvalue weighted by Crippen LogP contribution is -2.47. The van der Waals surface area contributed by atoms with E-state index in [-0.39, 0.29) is 11.9 Å². The van der Waals surface area contributed by atoms with E-state index in [1.54, 1.807) is 4.90 Å². The predicted molar refractivity (Wildman–Crippen MR) is 67.2 cm³/mol. The van der Waals surface area contributed by atoms with Crippen LogP contribution in [0.3, 0.4) is 0 Å². The van der Waals surface area contributed by atoms with E-state index < -0.39 is 0 Å². The van der Waals surface area contributed by atoms with E-state index >= 15 is 0 Å². The number of hydrogen-bond donors (Lipinski definition) is 2. The molecule has 0 spiro atoms. The number of likely N-dealkylation sites (tertiary alicyclic amines) is 1. The van der Waals surface area contributed by atoms with Gasteiger partial charge in [-0.1, -0.05) is 12.8 Å². The van der Waals surface area contributed by atoms with Gasteiger partial charge in [0.25, 0.3) is 0 Å². The zero-order valence-corrected chi connectivity index (χ0v) is 10.5. The molecule has 0 aromatic carbocycles. The highest BCUT2D eigenvalue weighted by atomic mass is 32.1. The number of nitrogens with zero attached hydrogens (tertiary/aromatic N) is 1. The summed E-state index contributed by atoms with van der Waals surface area (Å²) in [6, 6.07) is 0.389. The minimum absolute atomic E-state index is 0.119. The highest BCUT2D eigenvalue weighted by Gasteiger charge is 2.29. The number of carbonyl (C=O) groups excluding carboxylic acids is 1. The quantitative estimate of drug-likeness (QED) is 0.696. The first-order valence-corrected chi connectivity index (χ1v) is 6.39. The molecule has 0 radical (unpaired) electrons. The third-order valence-corrected chi connectivity index (χ3v) is 3.66. The van der Waals surface area contributed by atoms with Crippen molar-refractivity contribution >= 4 is 23.2 Å². The number of likely N-dealkylation sites (N-methyl/N-ethyl adjacent to an activating group) is 1. The van der Waals surface area contributed by atoms with Crippen LogP contribution in [0.25, 0.3) is 0 Å². The Morgan fingerprint density at radius 3 is 2.56 bits per heavy atom. The number of carbonyl (C=O) groups is 1. The monoisotopic (exact) mass is 241 g/mol. The standard InChI is InChI=1S/C11H19N3OS/c1-14-7-6-9(10(14)15)13-11(16)12-8-4-2-3-5-8/h8-9H,2-7H2,1H3,(H2,12,13,16). The first kappa shape index (κ1) is 11.6. The van der Waals surface area contributed by atoms with E-state index in [2.05, 4.69) is 10.6 Å². The summed E-state index contributed by atoms with van der Waals surface area (Å²) in [6.07, 6.45) is 5.80. The van der Waals surface area contributed by atoms with Crippen LogP contribution in [-0.2, 0) is 4.79 Å². The van der Waals surface area contributed by atoms with Gasteiger partial charge in [-0.2, -0.15) is 0 Å². The first-order chi connectivity index (χ1) is 7.66. The van der Waals surface area contributed by atoms with Gasteiger partial charge in [0.05, 0.1) is 0 Å². The maximum absolute atomic E-state index is 11.7. The molecule has 4 nitrogen and oxygen atoms in total. The molecule has 16 heavy (non-hydrogen) atoms. The minimum atomic E-state index is -0.119. The van der Waals surface area contributed by atoms with Gasteiger partial charge in [-0.15, -0.1) is 0 Å². The Kier molecular flexibility index (Phi) is 3.63. The molecule has 1 amide bonds. The van der Waals surface area contributed by atoms with Gasteiger partial charge in [0.15, 0.2) is 5.11 Å². The zero-order chi connectivity index (χ0) is 11.5. The maximum atomic E-state index is 11.7. The van der Waals surface area contributed by atoms with Crippen molar-refractivity contribution in [2.24, 2.45) is 0 Å². The molecular formula is C11H19N3OS. The second kappa shape index (κ2) is 4.99. The molecule has 1 aliphatic carbocycles. The Bertz CT molecular complexity index is 289. The number of nitrogens with one attached hydrogen (secondary N) is 2. The summed E-state index contributed by atoms with van der Waals surface area (Å²) in [5, 5.41) is 7.05. The van der Waals surface area contributed by atoms with Crippen molar-refractivity contribution in [2.75, 3.05) is 13.6 Å². The lowest BCUT2D eigenvalue weighted by atomic mass is 10.2. The van der Waals surface area contributed by atoms with Crippen molar-refractivity contribution in [2.45, 2.75) is 44.2 Å². The number of thiocarbonyl (C=S) groups is 1. The lowest BCUT2D eigenvalue weighted by Gasteiger charge is -2.18. The number of hydrogen-bond acceptors (Lipinski definition) is 2. The predicted octanol–water partition coefficient (Wildman–Crippen LogP) is 0.624. The van der Waals surface area contributed by atoms with Crippen LogP contribution >= 0.6 is 12.2 Å². The first-order valence-electron chi connectivity index (χ1n) is 5.99. The van der Waals surface area contributed by atoms with E-state index in [1.807, 2.05) is 7.05 Å². The Morgan fingerprint density at radius 2 is 2.00 bits per heavy atom. The molecule has 1 saturated carbocycles. The molecule has 2 N–H and O–H groups in total. The smallest absolute Gasteiger partial charge is 0.244 e. The molecule has 1 unspecified atom stereocenters. The molecule has 2 aliphatic rings. The number of amides is 1. The van der Waals surface area contributed by atoms with E-state index in [4.69, 9.17) is 12.2 Å². The van der Waals surface area contributed by atoms with Crippen molar-refractivity contribution in [3.63, 3.8) is 0 Å². The molecule has 1 saturated heterocycles. The largest absolute Gasteiger partial charge is 0.360 e. The van der Waals surface area contributed by atoms with Crippen LogP contribution in [0.2, 0.25) is 0 Å². The number of rotatable bonds is 2. The van der Waals surface area contributed by atoms with Gasteiger partial charge in [-0.3, -0.25) is 4.79 Å². The van der Waals surface area contributed by atoms with Gasteiger partial charge in [0.2, 0.25) is 5.91 Å². The molecule has 1 atom stereocenters. The molecule has 1 heterocycles. The van der Waals surface area contributed by atoms with Crippen LogP contribution in [0.1, 0.15) is 32.1 Å². The fraction of sp³-hybridized carbons (Fsp3) is 0.818. The SMILES string of the molecule is CN1CCC(NC(=S)NC2CCCC2)C1=O. The van der Waals surface area contributed by atoms with Crippen LogP contribution in [0, 0.1) is 0 Å². The molecule has 2 rings (SSSR count). The molecule has 1 aliphatic heterocycles. The highest BCUT2D eigenvalue weighted by Crippen LogP contribution is 2.17. The summed E-state index contributed by atoms with van der Waals surface area (Å²) in [5.74, 6) is 0.149. The highest BCUT2D eigenvalue weighted by molar-refractivity contribution is 7.80. The summed E-state index contributed by atoms with van der Waals surface area (Å²) >= 11 is 5.23. The molecular weight excluding hydrogens is 222 g/mol. The Balaban J connectivity index is 1.76. The third-order valence-electron chi connectivity index (χ3n) is 3.42. The summed E-state index contributed by atoms with van der Waals surface area (Å²) in [7, 11) is 1.83. The Hall–Kier alpha value is -0.840. The average molecular weight is 241 g/mol. The Labute approximate surface area is 102 Å². The summed E-state index contributed by atoms with van der Waals surface area (Å²) in [5.41, 5.74) is 0. The molecule has 0 aromatic rings. The maximum Gasteiger partial charge on any atom is 0.244 e. The topological polar surface area (TPSA) is 44.4 Å². The summed E-state index contributed by atoms with van der Waals surface area (Å²) in [4.78, 5) is 13.4. The van der Waals surface area contributed by atoms with Crippen LogP contribution in [0.5, 0.6) is 0 Å². The minimum Gasteiger partial charge on any atom is -0.360 e. The van der Waals surface area contributed by atoms with Crippen molar-refractivity contribution in [3.05, 3.63) is 0 Å². The van der Waals surface area contributed by atoms with Crippen LogP contribution < -0.4 is 10.6 Å². The van der Waals surface area contributed by atoms with Gasteiger partial charge < -0.3 is 15.5 Å². The van der Waals surface area contributed by atoms with E-state index in [9.17, 15) is 4.79 Å². The lowest BCUT2D eigenvalue weighted by molar-refractivity contribution is -0.127. The van der Waals surface area contributed by atoms with Crippen LogP contribution in [0.15, 0.2) is 0 Å². The molecule has 0 aromatic heterocycles. The van der Waals surface area contributed by atoms with Crippen LogP contribution in [0.4, 0.5) is 0 Å². The zero-order valence-electron chi connectivity index (χ0n) is 9.66. The van der Waals surface area contributed by atoms with Gasteiger partial charge in [-0.05, 0) is 31.5 Å². The molecule has 90 valence electrons. The fourth-order valence-corrected chi connectivity index (χ4v) is 2.72. The molecule has 2 fully saturated rings.